The summed E-state index contributed by atoms with van der Waals surface area (Å²) in [6.07, 6.45) is 3.05. The second-order valence-electron chi connectivity index (χ2n) is 9.86. The topological polar surface area (TPSA) is 90.8 Å². The maximum atomic E-state index is 13.8. The second-order valence-corrected chi connectivity index (χ2v) is 11.5. The Bertz CT molecular complexity index is 2080. The smallest absolute Gasteiger partial charge is 0.296 e. The first-order chi connectivity index (χ1) is 20.2. The number of ether oxygens (including phenoxy) is 1. The molecule has 1 saturated heterocycles. The lowest BCUT2D eigenvalue weighted by molar-refractivity contribution is -0.113. The van der Waals surface area contributed by atoms with E-state index < -0.39 is 11.5 Å². The number of carbonyl (C=O) groups is 1. The van der Waals surface area contributed by atoms with E-state index in [1.54, 1.807) is 43.0 Å². The molecule has 210 valence electrons. The fourth-order valence-corrected chi connectivity index (χ4v) is 6.16. The van der Waals surface area contributed by atoms with E-state index in [1.807, 2.05) is 62.4 Å². The summed E-state index contributed by atoms with van der Waals surface area (Å²) >= 11 is 6.61. The highest BCUT2D eigenvalue weighted by atomic mass is 32.2. The predicted octanol–water partition coefficient (Wildman–Crippen LogP) is 5.31. The maximum Gasteiger partial charge on any atom is 0.296 e. The number of thioether (sulfide) groups is 1. The number of amides is 1. The van der Waals surface area contributed by atoms with E-state index in [4.69, 9.17) is 17.0 Å². The standard InChI is InChI=1S/C31H25N5O4S2/c1-18-13-14-23(19(2)16-18)40-27-22(28(37)34-15-9-8-12-25(34)32-27)17-24-29(38)35(31(41)42-24)26-20(3)33(4)36(30(26)39)21-10-6-5-7-11-21/h5-17H,1-4H3/b24-17+. The van der Waals surface area contributed by atoms with E-state index >= 15 is 0 Å². The average molecular weight is 596 g/mol. The molecule has 3 aromatic heterocycles. The Balaban J connectivity index is 1.47. The summed E-state index contributed by atoms with van der Waals surface area (Å²) in [6.45, 7) is 5.65. The van der Waals surface area contributed by atoms with Gasteiger partial charge in [0.1, 0.15) is 22.6 Å². The number of para-hydroxylation sites is 1. The van der Waals surface area contributed by atoms with Gasteiger partial charge in [-0.3, -0.25) is 28.4 Å². The van der Waals surface area contributed by atoms with E-state index in [0.717, 1.165) is 22.9 Å². The van der Waals surface area contributed by atoms with Crippen LogP contribution in [0.15, 0.2) is 87.4 Å². The zero-order valence-corrected chi connectivity index (χ0v) is 24.8. The van der Waals surface area contributed by atoms with Crippen LogP contribution in [0, 0.1) is 20.8 Å². The first-order valence-corrected chi connectivity index (χ1v) is 14.3. The van der Waals surface area contributed by atoms with Gasteiger partial charge in [-0.2, -0.15) is 4.98 Å². The van der Waals surface area contributed by atoms with Crippen molar-refractivity contribution in [3.8, 4) is 17.3 Å². The van der Waals surface area contributed by atoms with Gasteiger partial charge in [-0.25, -0.2) is 4.68 Å². The lowest BCUT2D eigenvalue weighted by Gasteiger charge is -2.13. The van der Waals surface area contributed by atoms with Crippen LogP contribution in [0.25, 0.3) is 17.4 Å². The van der Waals surface area contributed by atoms with E-state index in [0.29, 0.717) is 22.8 Å². The molecule has 1 aliphatic rings. The highest BCUT2D eigenvalue weighted by Crippen LogP contribution is 2.37. The molecule has 5 aromatic rings. The molecule has 0 atom stereocenters. The molecule has 9 nitrogen and oxygen atoms in total. The molecule has 42 heavy (non-hydrogen) atoms. The number of fused-ring (bicyclic) bond motifs is 1. The second kappa shape index (κ2) is 10.6. The van der Waals surface area contributed by atoms with Crippen LogP contribution < -0.4 is 20.8 Å². The Labute approximate surface area is 250 Å². The maximum absolute atomic E-state index is 13.8. The summed E-state index contributed by atoms with van der Waals surface area (Å²) < 4.78 is 10.9. The average Bonchev–Trinajstić information content (AvgIpc) is 3.36. The minimum atomic E-state index is -0.508. The monoisotopic (exact) mass is 595 g/mol. The van der Waals surface area contributed by atoms with Crippen molar-refractivity contribution in [2.75, 3.05) is 4.90 Å². The lowest BCUT2D eigenvalue weighted by Crippen LogP contribution is -2.33. The molecule has 1 fully saturated rings. The molecule has 0 spiro atoms. The van der Waals surface area contributed by atoms with Crippen molar-refractivity contribution < 1.29 is 9.53 Å². The van der Waals surface area contributed by atoms with Crippen LogP contribution in [0.1, 0.15) is 22.4 Å². The summed E-state index contributed by atoms with van der Waals surface area (Å²) in [7, 11) is 1.75. The van der Waals surface area contributed by atoms with Gasteiger partial charge in [0, 0.05) is 13.2 Å². The fraction of sp³-hybridized carbons (Fsp3) is 0.129. The van der Waals surface area contributed by atoms with Crippen LogP contribution in [0.4, 0.5) is 5.69 Å². The number of rotatable bonds is 5. The van der Waals surface area contributed by atoms with Crippen LogP contribution in [-0.4, -0.2) is 29.0 Å². The highest BCUT2D eigenvalue weighted by molar-refractivity contribution is 8.27. The Hall–Kier alpha value is -4.74. The van der Waals surface area contributed by atoms with E-state index in [2.05, 4.69) is 4.98 Å². The number of anilines is 1. The number of nitrogens with zero attached hydrogens (tertiary/aromatic N) is 5. The van der Waals surface area contributed by atoms with Crippen LogP contribution in [0.3, 0.4) is 0 Å². The summed E-state index contributed by atoms with van der Waals surface area (Å²) in [5.41, 5.74) is 3.01. The van der Waals surface area contributed by atoms with Crippen molar-refractivity contribution in [3.05, 3.63) is 121 Å². The molecule has 6 rings (SSSR count). The van der Waals surface area contributed by atoms with Gasteiger partial charge >= 0.3 is 0 Å². The Kier molecular flexibility index (Phi) is 6.91. The molecule has 4 heterocycles. The summed E-state index contributed by atoms with van der Waals surface area (Å²) in [5.74, 6) is 0.0909. The zero-order valence-electron chi connectivity index (χ0n) is 23.2. The van der Waals surface area contributed by atoms with Crippen molar-refractivity contribution in [2.24, 2.45) is 7.05 Å². The molecule has 1 aliphatic heterocycles. The fourth-order valence-electron chi connectivity index (χ4n) is 4.90. The quantitative estimate of drug-likeness (QED) is 0.201. The minimum absolute atomic E-state index is 0.0609. The third-order valence-corrected chi connectivity index (χ3v) is 8.39. The van der Waals surface area contributed by atoms with Gasteiger partial charge in [0.25, 0.3) is 17.0 Å². The summed E-state index contributed by atoms with van der Waals surface area (Å²) in [6, 6.07) is 20.1. The number of thiocarbonyl (C=S) groups is 1. The number of carbonyl (C=O) groups excluding carboxylic acids is 1. The summed E-state index contributed by atoms with van der Waals surface area (Å²) in [5, 5.41) is 0. The molecule has 0 radical (unpaired) electrons. The van der Waals surface area contributed by atoms with Crippen molar-refractivity contribution in [1.82, 2.24) is 18.7 Å². The van der Waals surface area contributed by atoms with Gasteiger partial charge in [-0.15, -0.1) is 0 Å². The lowest BCUT2D eigenvalue weighted by atomic mass is 10.1. The Morgan fingerprint density at radius 2 is 1.67 bits per heavy atom. The highest BCUT2D eigenvalue weighted by Gasteiger charge is 2.38. The normalized spacial score (nSPS) is 14.4. The molecule has 0 aliphatic carbocycles. The SMILES string of the molecule is Cc1ccc(Oc2nc3ccccn3c(=O)c2/C=C2/SC(=S)N(c3c(C)n(C)n(-c4ccccc4)c3=O)C2=O)c(C)c1. The molecule has 1 amide bonds. The van der Waals surface area contributed by atoms with Gasteiger partial charge in [0.15, 0.2) is 4.32 Å². The molecule has 11 heteroatoms. The molecular weight excluding hydrogens is 571 g/mol. The van der Waals surface area contributed by atoms with Crippen LogP contribution in [0.5, 0.6) is 11.6 Å². The first-order valence-electron chi connectivity index (χ1n) is 13.0. The van der Waals surface area contributed by atoms with Crippen LogP contribution >= 0.6 is 24.0 Å². The predicted molar refractivity (Wildman–Crippen MR) is 169 cm³/mol. The minimum Gasteiger partial charge on any atom is -0.438 e. The van der Waals surface area contributed by atoms with Gasteiger partial charge in [0.2, 0.25) is 5.88 Å². The summed E-state index contributed by atoms with van der Waals surface area (Å²) in [4.78, 5) is 47.2. The number of benzene rings is 2. The van der Waals surface area contributed by atoms with Crippen molar-refractivity contribution in [2.45, 2.75) is 20.8 Å². The van der Waals surface area contributed by atoms with Gasteiger partial charge in [-0.05, 0) is 62.7 Å². The Morgan fingerprint density at radius 3 is 2.40 bits per heavy atom. The van der Waals surface area contributed by atoms with Gasteiger partial charge in [-0.1, -0.05) is 65.9 Å². The third-order valence-electron chi connectivity index (χ3n) is 7.09. The first kappa shape index (κ1) is 27.4. The van der Waals surface area contributed by atoms with Gasteiger partial charge < -0.3 is 4.74 Å². The van der Waals surface area contributed by atoms with Crippen molar-refractivity contribution in [1.29, 1.82) is 0 Å². The number of hydrogen-bond acceptors (Lipinski definition) is 7. The van der Waals surface area contributed by atoms with Crippen molar-refractivity contribution >= 4 is 51.6 Å². The van der Waals surface area contributed by atoms with Crippen LogP contribution in [0.2, 0.25) is 0 Å². The van der Waals surface area contributed by atoms with Gasteiger partial charge in [0.05, 0.1) is 16.3 Å². The molecule has 0 bridgehead atoms. The van der Waals surface area contributed by atoms with E-state index in [9.17, 15) is 14.4 Å². The molecular formula is C31H25N5O4S2. The number of pyridine rings is 1. The molecule has 0 N–H and O–H groups in total. The third kappa shape index (κ3) is 4.56. The van der Waals surface area contributed by atoms with E-state index in [1.165, 1.54) is 20.1 Å². The number of hydrogen-bond donors (Lipinski definition) is 0. The molecule has 0 saturated carbocycles. The number of aromatic nitrogens is 4. The Morgan fingerprint density at radius 1 is 0.929 bits per heavy atom. The molecule has 0 unspecified atom stereocenters. The van der Waals surface area contributed by atoms with E-state index in [-0.39, 0.29) is 31.9 Å². The molecule has 2 aromatic carbocycles. The zero-order chi connectivity index (χ0) is 29.7. The largest absolute Gasteiger partial charge is 0.438 e. The van der Waals surface area contributed by atoms with Crippen LogP contribution in [-0.2, 0) is 11.8 Å². The van der Waals surface area contributed by atoms with Crippen molar-refractivity contribution in [3.63, 3.8) is 0 Å². The number of aryl methyl sites for hydroxylation is 2.